The zero-order valence-electron chi connectivity index (χ0n) is 13.5. The van der Waals surface area contributed by atoms with Gasteiger partial charge >= 0.3 is 0 Å². The Morgan fingerprint density at radius 3 is 2.62 bits per heavy atom. The van der Waals surface area contributed by atoms with E-state index in [1.807, 2.05) is 6.07 Å². The van der Waals surface area contributed by atoms with Crippen molar-refractivity contribution in [3.63, 3.8) is 0 Å². The highest BCUT2D eigenvalue weighted by Crippen LogP contribution is 2.42. The number of benzene rings is 1. The summed E-state index contributed by atoms with van der Waals surface area (Å²) in [4.78, 5) is 0. The van der Waals surface area contributed by atoms with Crippen LogP contribution in [-0.2, 0) is 6.42 Å². The summed E-state index contributed by atoms with van der Waals surface area (Å²) in [6.07, 6.45) is 3.40. The molecule has 1 fully saturated rings. The molecule has 1 unspecified atom stereocenters. The number of ether oxygens (including phenoxy) is 2. The van der Waals surface area contributed by atoms with E-state index in [0.29, 0.717) is 11.8 Å². The van der Waals surface area contributed by atoms with Crippen LogP contribution in [-0.4, -0.2) is 27.3 Å². The van der Waals surface area contributed by atoms with Gasteiger partial charge in [-0.2, -0.15) is 0 Å². The molecular formula is C17H26ClNO2. The van der Waals surface area contributed by atoms with Crippen molar-refractivity contribution >= 4 is 11.6 Å². The lowest BCUT2D eigenvalue weighted by atomic mass is 9.89. The molecule has 0 spiro atoms. The number of halogens is 1. The molecule has 4 heteroatoms. The minimum atomic E-state index is 0.362. The fourth-order valence-corrected chi connectivity index (χ4v) is 3.49. The molecule has 1 N–H and O–H groups in total. The third-order valence-corrected chi connectivity index (χ3v) is 4.69. The SMILES string of the molecule is COc1cc(C(C)C)c(Cl)c(CC2CCCNC2)c1OC. The van der Waals surface area contributed by atoms with Gasteiger partial charge in [0.25, 0.3) is 0 Å². The van der Waals surface area contributed by atoms with Crippen LogP contribution in [0.15, 0.2) is 6.07 Å². The topological polar surface area (TPSA) is 30.5 Å². The van der Waals surface area contributed by atoms with Crippen LogP contribution in [0.2, 0.25) is 5.02 Å². The molecule has 0 bridgehead atoms. The predicted molar refractivity (Wildman–Crippen MR) is 87.9 cm³/mol. The second-order valence-electron chi connectivity index (χ2n) is 6.07. The standard InChI is InChI=1S/C17H26ClNO2/c1-11(2)13-9-15(20-3)17(21-4)14(16(13)18)8-12-6-5-7-19-10-12/h9,11-12,19H,5-8,10H2,1-4H3. The third-order valence-electron chi connectivity index (χ3n) is 4.24. The van der Waals surface area contributed by atoms with Crippen molar-refractivity contribution in [1.82, 2.24) is 5.32 Å². The van der Waals surface area contributed by atoms with E-state index in [0.717, 1.165) is 47.2 Å². The maximum Gasteiger partial charge on any atom is 0.165 e. The third kappa shape index (κ3) is 3.64. The molecular weight excluding hydrogens is 286 g/mol. The van der Waals surface area contributed by atoms with Crippen LogP contribution >= 0.6 is 11.6 Å². The van der Waals surface area contributed by atoms with Crippen LogP contribution < -0.4 is 14.8 Å². The summed E-state index contributed by atoms with van der Waals surface area (Å²) in [6.45, 7) is 6.47. The molecule has 0 radical (unpaired) electrons. The molecule has 1 aromatic rings. The van der Waals surface area contributed by atoms with Crippen molar-refractivity contribution in [2.45, 2.75) is 39.0 Å². The normalized spacial score (nSPS) is 18.9. The minimum Gasteiger partial charge on any atom is -0.493 e. The largest absolute Gasteiger partial charge is 0.493 e. The Morgan fingerprint density at radius 2 is 2.10 bits per heavy atom. The summed E-state index contributed by atoms with van der Waals surface area (Å²) in [5.74, 6) is 2.54. The smallest absolute Gasteiger partial charge is 0.165 e. The monoisotopic (exact) mass is 311 g/mol. The molecule has 1 aliphatic heterocycles. The Hall–Kier alpha value is -0.930. The van der Waals surface area contributed by atoms with Gasteiger partial charge in [-0.05, 0) is 55.8 Å². The van der Waals surface area contributed by atoms with Gasteiger partial charge in [0.05, 0.1) is 19.2 Å². The summed E-state index contributed by atoms with van der Waals surface area (Å²) in [5, 5.41) is 4.30. The van der Waals surface area contributed by atoms with Gasteiger partial charge < -0.3 is 14.8 Å². The summed E-state index contributed by atoms with van der Waals surface area (Å²) < 4.78 is 11.1. The molecule has 1 atom stereocenters. The zero-order valence-corrected chi connectivity index (χ0v) is 14.2. The second-order valence-corrected chi connectivity index (χ2v) is 6.44. The van der Waals surface area contributed by atoms with Gasteiger partial charge in [0, 0.05) is 5.56 Å². The molecule has 1 aliphatic rings. The molecule has 1 aromatic carbocycles. The van der Waals surface area contributed by atoms with Crippen molar-refractivity contribution in [3.05, 3.63) is 22.2 Å². The molecule has 0 aliphatic carbocycles. The summed E-state index contributed by atoms with van der Waals surface area (Å²) >= 11 is 6.68. The Bertz CT molecular complexity index is 482. The van der Waals surface area contributed by atoms with Crippen molar-refractivity contribution in [2.24, 2.45) is 5.92 Å². The first kappa shape index (κ1) is 16.4. The van der Waals surface area contributed by atoms with Gasteiger partial charge in [-0.1, -0.05) is 25.4 Å². The van der Waals surface area contributed by atoms with E-state index in [1.165, 1.54) is 12.8 Å². The fraction of sp³-hybridized carbons (Fsp3) is 0.647. The van der Waals surface area contributed by atoms with E-state index in [1.54, 1.807) is 14.2 Å². The van der Waals surface area contributed by atoms with Crippen molar-refractivity contribution in [2.75, 3.05) is 27.3 Å². The van der Waals surface area contributed by atoms with Gasteiger partial charge in [0.15, 0.2) is 11.5 Å². The van der Waals surface area contributed by atoms with E-state index < -0.39 is 0 Å². The number of nitrogens with one attached hydrogen (secondary N) is 1. The molecule has 0 aromatic heterocycles. The van der Waals surface area contributed by atoms with Crippen molar-refractivity contribution in [1.29, 1.82) is 0 Å². The van der Waals surface area contributed by atoms with Gasteiger partial charge in [-0.25, -0.2) is 0 Å². The highest BCUT2D eigenvalue weighted by molar-refractivity contribution is 6.32. The number of hydrogen-bond donors (Lipinski definition) is 1. The highest BCUT2D eigenvalue weighted by atomic mass is 35.5. The highest BCUT2D eigenvalue weighted by Gasteiger charge is 2.23. The van der Waals surface area contributed by atoms with Gasteiger partial charge in [0.2, 0.25) is 0 Å². The van der Waals surface area contributed by atoms with Crippen molar-refractivity contribution < 1.29 is 9.47 Å². The summed E-state index contributed by atoms with van der Waals surface area (Å²) in [7, 11) is 3.37. The summed E-state index contributed by atoms with van der Waals surface area (Å²) in [6, 6.07) is 2.01. The van der Waals surface area contributed by atoms with E-state index in [4.69, 9.17) is 21.1 Å². The Morgan fingerprint density at radius 1 is 1.33 bits per heavy atom. The summed E-state index contributed by atoms with van der Waals surface area (Å²) in [5.41, 5.74) is 2.23. The number of rotatable bonds is 5. The molecule has 21 heavy (non-hydrogen) atoms. The first-order valence-corrected chi connectivity index (χ1v) is 8.10. The van der Waals surface area contributed by atoms with Crippen LogP contribution in [0.4, 0.5) is 0 Å². The van der Waals surface area contributed by atoms with Gasteiger partial charge in [0.1, 0.15) is 0 Å². The average Bonchev–Trinajstić information content (AvgIpc) is 2.49. The van der Waals surface area contributed by atoms with Crippen LogP contribution in [0, 0.1) is 5.92 Å². The quantitative estimate of drug-likeness (QED) is 0.891. The average molecular weight is 312 g/mol. The second kappa shape index (κ2) is 7.37. The maximum atomic E-state index is 6.68. The van der Waals surface area contributed by atoms with Crippen molar-refractivity contribution in [3.8, 4) is 11.5 Å². The van der Waals surface area contributed by atoms with E-state index in [9.17, 15) is 0 Å². The molecule has 118 valence electrons. The first-order valence-electron chi connectivity index (χ1n) is 7.72. The molecule has 0 amide bonds. The Balaban J connectivity index is 2.41. The van der Waals surface area contributed by atoms with E-state index in [-0.39, 0.29) is 0 Å². The number of hydrogen-bond acceptors (Lipinski definition) is 3. The number of piperidine rings is 1. The van der Waals surface area contributed by atoms with Crippen LogP contribution in [0.1, 0.15) is 43.7 Å². The van der Waals surface area contributed by atoms with Gasteiger partial charge in [-0.3, -0.25) is 0 Å². The molecule has 3 nitrogen and oxygen atoms in total. The molecule has 1 saturated heterocycles. The van der Waals surface area contributed by atoms with Crippen LogP contribution in [0.5, 0.6) is 11.5 Å². The van der Waals surface area contributed by atoms with Crippen LogP contribution in [0.25, 0.3) is 0 Å². The lowest BCUT2D eigenvalue weighted by Gasteiger charge is -2.26. The maximum absolute atomic E-state index is 6.68. The van der Waals surface area contributed by atoms with Gasteiger partial charge in [-0.15, -0.1) is 0 Å². The van der Waals surface area contributed by atoms with E-state index >= 15 is 0 Å². The number of methoxy groups -OCH3 is 2. The zero-order chi connectivity index (χ0) is 15.4. The van der Waals surface area contributed by atoms with Crippen LogP contribution in [0.3, 0.4) is 0 Å². The fourth-order valence-electron chi connectivity index (χ4n) is 3.06. The Kier molecular flexibility index (Phi) is 5.77. The Labute approximate surface area is 133 Å². The first-order chi connectivity index (χ1) is 10.1. The molecule has 2 rings (SSSR count). The lowest BCUT2D eigenvalue weighted by Crippen LogP contribution is -2.31. The molecule has 0 saturated carbocycles. The predicted octanol–water partition coefficient (Wildman–Crippen LogP) is 4.02. The van der Waals surface area contributed by atoms with E-state index in [2.05, 4.69) is 19.2 Å². The lowest BCUT2D eigenvalue weighted by molar-refractivity contribution is 0.340. The molecule has 1 heterocycles. The minimum absolute atomic E-state index is 0.362.